The van der Waals surface area contributed by atoms with E-state index in [4.69, 9.17) is 10.5 Å². The van der Waals surface area contributed by atoms with Crippen molar-refractivity contribution < 1.29 is 4.74 Å². The monoisotopic (exact) mass is 384 g/mol. The average Bonchev–Trinajstić information content (AvgIpc) is 2.37. The molecule has 3 nitrogen and oxygen atoms in total. The molecule has 19 heavy (non-hydrogen) atoms. The molecule has 0 amide bonds. The molecule has 0 saturated carbocycles. The van der Waals surface area contributed by atoms with Gasteiger partial charge in [0.15, 0.2) is 0 Å². The third kappa shape index (κ3) is 4.03. The molecule has 100 valence electrons. The first-order valence-electron chi connectivity index (χ1n) is 5.83. The van der Waals surface area contributed by atoms with E-state index in [2.05, 4.69) is 36.8 Å². The summed E-state index contributed by atoms with van der Waals surface area (Å²) in [4.78, 5) is 4.11. The van der Waals surface area contributed by atoms with Crippen molar-refractivity contribution in [3.63, 3.8) is 0 Å². The van der Waals surface area contributed by atoms with Gasteiger partial charge in [0, 0.05) is 38.5 Å². The van der Waals surface area contributed by atoms with Crippen LogP contribution in [0.25, 0.3) is 0 Å². The largest absolute Gasteiger partial charge is 0.489 e. The number of pyridine rings is 1. The van der Waals surface area contributed by atoms with Crippen molar-refractivity contribution in [2.45, 2.75) is 19.6 Å². The summed E-state index contributed by atoms with van der Waals surface area (Å²) in [5, 5.41) is 0. The Hall–Kier alpha value is -0.910. The van der Waals surface area contributed by atoms with Crippen molar-refractivity contribution in [1.82, 2.24) is 4.98 Å². The third-order valence-electron chi connectivity index (χ3n) is 2.62. The summed E-state index contributed by atoms with van der Waals surface area (Å²) in [5.74, 6) is 0.804. The van der Waals surface area contributed by atoms with Crippen molar-refractivity contribution in [3.05, 3.63) is 56.7 Å². The second-order valence-electron chi connectivity index (χ2n) is 4.27. The molecule has 0 unspecified atom stereocenters. The molecule has 1 atom stereocenters. The molecule has 0 aliphatic heterocycles. The number of benzene rings is 1. The molecule has 0 fully saturated rings. The first-order chi connectivity index (χ1) is 9.06. The van der Waals surface area contributed by atoms with Gasteiger partial charge in [-0.15, -0.1) is 0 Å². The molecule has 1 aromatic heterocycles. The van der Waals surface area contributed by atoms with Crippen LogP contribution in [0.1, 0.15) is 24.1 Å². The van der Waals surface area contributed by atoms with Crippen molar-refractivity contribution in [2.75, 3.05) is 0 Å². The van der Waals surface area contributed by atoms with E-state index >= 15 is 0 Å². The number of nitrogens with two attached hydrogens (primary N) is 1. The lowest BCUT2D eigenvalue weighted by molar-refractivity contribution is 0.301. The van der Waals surface area contributed by atoms with E-state index < -0.39 is 0 Å². The maximum absolute atomic E-state index is 5.96. The van der Waals surface area contributed by atoms with Crippen LogP contribution in [0, 0.1) is 0 Å². The normalized spacial score (nSPS) is 12.2. The molecule has 1 aromatic carbocycles. The number of aromatic nitrogens is 1. The number of hydrogen-bond donors (Lipinski definition) is 1. The second-order valence-corrected chi connectivity index (χ2v) is 6.10. The highest BCUT2D eigenvalue weighted by Gasteiger charge is 2.09. The topological polar surface area (TPSA) is 48.1 Å². The van der Waals surface area contributed by atoms with Crippen molar-refractivity contribution >= 4 is 31.9 Å². The maximum atomic E-state index is 5.96. The van der Waals surface area contributed by atoms with Gasteiger partial charge < -0.3 is 10.5 Å². The lowest BCUT2D eigenvalue weighted by Gasteiger charge is -2.14. The summed E-state index contributed by atoms with van der Waals surface area (Å²) < 4.78 is 7.77. The number of rotatable bonds is 4. The van der Waals surface area contributed by atoms with Crippen LogP contribution in [-0.2, 0) is 6.61 Å². The smallest absolute Gasteiger partial charge is 0.124 e. The zero-order chi connectivity index (χ0) is 13.8. The Morgan fingerprint density at radius 3 is 2.68 bits per heavy atom. The summed E-state index contributed by atoms with van der Waals surface area (Å²) in [6.07, 6.45) is 3.53. The zero-order valence-electron chi connectivity index (χ0n) is 10.4. The number of halogens is 2. The van der Waals surface area contributed by atoms with E-state index in [0.717, 1.165) is 25.8 Å². The highest BCUT2D eigenvalue weighted by atomic mass is 79.9. The minimum absolute atomic E-state index is 0.0758. The lowest BCUT2D eigenvalue weighted by atomic mass is 10.1. The van der Waals surface area contributed by atoms with Crippen LogP contribution in [0.15, 0.2) is 45.6 Å². The molecule has 0 aliphatic rings. The van der Waals surface area contributed by atoms with E-state index in [9.17, 15) is 0 Å². The molecule has 0 bridgehead atoms. The van der Waals surface area contributed by atoms with Gasteiger partial charge in [-0.2, -0.15) is 0 Å². The summed E-state index contributed by atoms with van der Waals surface area (Å²) >= 11 is 6.83. The van der Waals surface area contributed by atoms with Gasteiger partial charge in [0.05, 0.1) is 0 Å². The summed E-state index contributed by atoms with van der Waals surface area (Å²) in [6, 6.07) is 7.76. The fourth-order valence-electron chi connectivity index (χ4n) is 1.70. The Labute approximate surface area is 129 Å². The first-order valence-corrected chi connectivity index (χ1v) is 7.42. The SMILES string of the molecule is C[C@@H](N)c1cc(Br)ccc1OCc1cncc(Br)c1. The highest BCUT2D eigenvalue weighted by molar-refractivity contribution is 9.10. The molecule has 1 heterocycles. The van der Waals surface area contributed by atoms with Crippen LogP contribution in [0.2, 0.25) is 0 Å². The van der Waals surface area contributed by atoms with Crippen molar-refractivity contribution in [2.24, 2.45) is 5.73 Å². The molecule has 0 aliphatic carbocycles. The molecule has 2 rings (SSSR count). The molecule has 5 heteroatoms. The van der Waals surface area contributed by atoms with Gasteiger partial charge in [-0.05, 0) is 47.1 Å². The van der Waals surface area contributed by atoms with E-state index in [1.165, 1.54) is 0 Å². The van der Waals surface area contributed by atoms with Crippen molar-refractivity contribution in [3.8, 4) is 5.75 Å². The Bertz CT molecular complexity index is 573. The Balaban J connectivity index is 2.15. The van der Waals surface area contributed by atoms with E-state index in [-0.39, 0.29) is 6.04 Å². The minimum Gasteiger partial charge on any atom is -0.489 e. The average molecular weight is 386 g/mol. The molecular weight excluding hydrogens is 372 g/mol. The Morgan fingerprint density at radius 2 is 2.00 bits per heavy atom. The van der Waals surface area contributed by atoms with Gasteiger partial charge in [-0.1, -0.05) is 15.9 Å². The van der Waals surface area contributed by atoms with E-state index in [1.807, 2.05) is 31.2 Å². The van der Waals surface area contributed by atoms with Crippen LogP contribution in [0.4, 0.5) is 0 Å². The van der Waals surface area contributed by atoms with Crippen molar-refractivity contribution in [1.29, 1.82) is 0 Å². The van der Waals surface area contributed by atoms with Gasteiger partial charge in [0.25, 0.3) is 0 Å². The number of ether oxygens (including phenoxy) is 1. The molecular formula is C14H14Br2N2O. The molecule has 0 spiro atoms. The standard InChI is InChI=1S/C14H14Br2N2O/c1-9(17)13-5-11(15)2-3-14(13)19-8-10-4-12(16)7-18-6-10/h2-7,9H,8,17H2,1H3/t9-/m1/s1. The van der Waals surface area contributed by atoms with Crippen LogP contribution >= 0.6 is 31.9 Å². The summed E-state index contributed by atoms with van der Waals surface area (Å²) in [6.45, 7) is 2.41. The number of nitrogens with zero attached hydrogens (tertiary/aromatic N) is 1. The van der Waals surface area contributed by atoms with Crippen LogP contribution in [-0.4, -0.2) is 4.98 Å². The highest BCUT2D eigenvalue weighted by Crippen LogP contribution is 2.28. The van der Waals surface area contributed by atoms with Gasteiger partial charge in [-0.25, -0.2) is 0 Å². The Kier molecular flexibility index (Phi) is 4.96. The minimum atomic E-state index is -0.0758. The zero-order valence-corrected chi connectivity index (χ0v) is 13.6. The van der Waals surface area contributed by atoms with Gasteiger partial charge >= 0.3 is 0 Å². The molecule has 2 aromatic rings. The van der Waals surface area contributed by atoms with Crippen LogP contribution in [0.5, 0.6) is 5.75 Å². The van der Waals surface area contributed by atoms with Gasteiger partial charge in [0.1, 0.15) is 12.4 Å². The second kappa shape index (κ2) is 6.50. The summed E-state index contributed by atoms with van der Waals surface area (Å²) in [5.41, 5.74) is 7.95. The van der Waals surface area contributed by atoms with Gasteiger partial charge in [-0.3, -0.25) is 4.98 Å². The van der Waals surface area contributed by atoms with Crippen LogP contribution < -0.4 is 10.5 Å². The lowest BCUT2D eigenvalue weighted by Crippen LogP contribution is -2.08. The fraction of sp³-hybridized carbons (Fsp3) is 0.214. The maximum Gasteiger partial charge on any atom is 0.124 e. The van der Waals surface area contributed by atoms with Gasteiger partial charge in [0.2, 0.25) is 0 Å². The quantitative estimate of drug-likeness (QED) is 0.857. The molecule has 0 saturated heterocycles. The first kappa shape index (κ1) is 14.5. The van der Waals surface area contributed by atoms with E-state index in [0.29, 0.717) is 6.61 Å². The molecule has 2 N–H and O–H groups in total. The predicted molar refractivity (Wildman–Crippen MR) is 83.0 cm³/mol. The fourth-order valence-corrected chi connectivity index (χ4v) is 2.49. The Morgan fingerprint density at radius 1 is 1.21 bits per heavy atom. The molecule has 0 radical (unpaired) electrons. The predicted octanol–water partition coefficient (Wildman–Crippen LogP) is 4.21. The third-order valence-corrected chi connectivity index (χ3v) is 3.55. The number of hydrogen-bond acceptors (Lipinski definition) is 3. The summed E-state index contributed by atoms with van der Waals surface area (Å²) in [7, 11) is 0. The van der Waals surface area contributed by atoms with E-state index in [1.54, 1.807) is 12.4 Å². The van der Waals surface area contributed by atoms with Crippen LogP contribution in [0.3, 0.4) is 0 Å².